The molecular weight excluding hydrogens is 238 g/mol. The zero-order valence-electron chi connectivity index (χ0n) is 9.97. The number of nitrogens with one attached hydrogen (secondary N) is 2. The molecule has 98 valence electrons. The number of carboxylic acid groups (broad SMARTS) is 1. The Balaban J connectivity index is 2.61. The van der Waals surface area contributed by atoms with Crippen LogP contribution in [-0.4, -0.2) is 35.0 Å². The highest BCUT2D eigenvalue weighted by Crippen LogP contribution is 2.11. The minimum atomic E-state index is -1.18. The Labute approximate surface area is 104 Å². The zero-order valence-corrected chi connectivity index (χ0v) is 9.97. The number of aliphatic carboxylic acids is 1. The molecule has 1 aliphatic rings. The van der Waals surface area contributed by atoms with Gasteiger partial charge < -0.3 is 15.7 Å². The number of amides is 2. The standard InChI is InChI=1S/C11H15N3O4/c1-6(4-5-12)9(11(17)18)14-10(16)7-2-3-8(15)13-7/h6-7,9H,2-4H2,1H3,(H,13,15)(H,14,16)(H,17,18)/t6-,7-,9-/m0/s1. The monoisotopic (exact) mass is 253 g/mol. The summed E-state index contributed by atoms with van der Waals surface area (Å²) in [5.74, 6) is -2.41. The third-order valence-electron chi connectivity index (χ3n) is 2.86. The number of carbonyl (C=O) groups is 3. The number of nitrogens with zero attached hydrogens (tertiary/aromatic N) is 1. The fraction of sp³-hybridized carbons (Fsp3) is 0.636. The van der Waals surface area contributed by atoms with E-state index in [0.29, 0.717) is 6.42 Å². The van der Waals surface area contributed by atoms with Crippen LogP contribution in [0.25, 0.3) is 0 Å². The second-order valence-corrected chi connectivity index (χ2v) is 4.32. The first-order chi connectivity index (χ1) is 8.45. The first kappa shape index (κ1) is 14.0. The van der Waals surface area contributed by atoms with Crippen molar-refractivity contribution in [1.82, 2.24) is 10.6 Å². The molecule has 0 spiro atoms. The summed E-state index contributed by atoms with van der Waals surface area (Å²) < 4.78 is 0. The van der Waals surface area contributed by atoms with Gasteiger partial charge in [-0.2, -0.15) is 5.26 Å². The SMILES string of the molecule is C[C@@H](CC#N)[C@H](NC(=O)[C@@H]1CCC(=O)N1)C(=O)O. The zero-order chi connectivity index (χ0) is 13.7. The normalized spacial score (nSPS) is 21.6. The molecule has 2 amide bonds. The summed E-state index contributed by atoms with van der Waals surface area (Å²) in [5, 5.41) is 22.4. The van der Waals surface area contributed by atoms with Crippen molar-refractivity contribution < 1.29 is 19.5 Å². The fourth-order valence-electron chi connectivity index (χ4n) is 1.77. The lowest BCUT2D eigenvalue weighted by Crippen LogP contribution is -2.51. The summed E-state index contributed by atoms with van der Waals surface area (Å²) >= 11 is 0. The minimum absolute atomic E-state index is 0.0360. The highest BCUT2D eigenvalue weighted by Gasteiger charge is 2.32. The van der Waals surface area contributed by atoms with Gasteiger partial charge in [-0.3, -0.25) is 9.59 Å². The molecule has 0 radical (unpaired) electrons. The van der Waals surface area contributed by atoms with Crippen LogP contribution in [0.1, 0.15) is 26.2 Å². The van der Waals surface area contributed by atoms with Crippen LogP contribution in [-0.2, 0) is 14.4 Å². The lowest BCUT2D eigenvalue weighted by molar-refractivity contribution is -0.143. The predicted molar refractivity (Wildman–Crippen MR) is 60.1 cm³/mol. The van der Waals surface area contributed by atoms with Gasteiger partial charge in [-0.1, -0.05) is 6.92 Å². The quantitative estimate of drug-likeness (QED) is 0.603. The molecule has 3 N–H and O–H groups in total. The Morgan fingerprint density at radius 1 is 1.67 bits per heavy atom. The van der Waals surface area contributed by atoms with E-state index >= 15 is 0 Å². The summed E-state index contributed by atoms with van der Waals surface area (Å²) in [6.45, 7) is 1.58. The van der Waals surface area contributed by atoms with Crippen molar-refractivity contribution >= 4 is 17.8 Å². The molecule has 1 heterocycles. The molecule has 3 atom stereocenters. The predicted octanol–water partition coefficient (Wildman–Crippen LogP) is -0.616. The van der Waals surface area contributed by atoms with Gasteiger partial charge in [0.1, 0.15) is 12.1 Å². The highest BCUT2D eigenvalue weighted by atomic mass is 16.4. The van der Waals surface area contributed by atoms with Gasteiger partial charge in [-0.25, -0.2) is 4.79 Å². The minimum Gasteiger partial charge on any atom is -0.480 e. The maximum atomic E-state index is 11.7. The van der Waals surface area contributed by atoms with E-state index in [2.05, 4.69) is 10.6 Å². The first-order valence-corrected chi connectivity index (χ1v) is 5.65. The number of nitriles is 1. The summed E-state index contributed by atoms with van der Waals surface area (Å²) in [7, 11) is 0. The summed E-state index contributed by atoms with van der Waals surface area (Å²) in [6, 6.07) is 0.0797. The molecule has 7 nitrogen and oxygen atoms in total. The summed E-state index contributed by atoms with van der Waals surface area (Å²) in [6.07, 6.45) is 0.668. The van der Waals surface area contributed by atoms with E-state index in [0.717, 1.165) is 0 Å². The molecule has 1 saturated heterocycles. The molecule has 0 aromatic rings. The van der Waals surface area contributed by atoms with Crippen LogP contribution in [0.5, 0.6) is 0 Å². The molecule has 0 aromatic carbocycles. The van der Waals surface area contributed by atoms with Crippen LogP contribution in [0.4, 0.5) is 0 Å². The van der Waals surface area contributed by atoms with Gasteiger partial charge in [-0.05, 0) is 6.42 Å². The van der Waals surface area contributed by atoms with Crippen molar-refractivity contribution in [1.29, 1.82) is 5.26 Å². The van der Waals surface area contributed by atoms with Gasteiger partial charge in [0.15, 0.2) is 0 Å². The van der Waals surface area contributed by atoms with Crippen molar-refractivity contribution in [3.8, 4) is 6.07 Å². The van der Waals surface area contributed by atoms with Crippen LogP contribution in [0.15, 0.2) is 0 Å². The van der Waals surface area contributed by atoms with E-state index in [1.54, 1.807) is 6.92 Å². The number of carboxylic acids is 1. The van der Waals surface area contributed by atoms with Gasteiger partial charge in [0.2, 0.25) is 11.8 Å². The van der Waals surface area contributed by atoms with E-state index in [4.69, 9.17) is 10.4 Å². The van der Waals surface area contributed by atoms with Crippen molar-refractivity contribution in [3.63, 3.8) is 0 Å². The fourth-order valence-corrected chi connectivity index (χ4v) is 1.77. The molecule has 1 rings (SSSR count). The van der Waals surface area contributed by atoms with E-state index in [1.807, 2.05) is 6.07 Å². The van der Waals surface area contributed by atoms with Crippen LogP contribution in [0.2, 0.25) is 0 Å². The largest absolute Gasteiger partial charge is 0.480 e. The van der Waals surface area contributed by atoms with E-state index in [-0.39, 0.29) is 18.7 Å². The Hall–Kier alpha value is -2.10. The maximum absolute atomic E-state index is 11.7. The molecule has 0 unspecified atom stereocenters. The van der Waals surface area contributed by atoms with Crippen LogP contribution in [0.3, 0.4) is 0 Å². The maximum Gasteiger partial charge on any atom is 0.326 e. The molecule has 0 saturated carbocycles. The van der Waals surface area contributed by atoms with Gasteiger partial charge in [-0.15, -0.1) is 0 Å². The van der Waals surface area contributed by atoms with Crippen LogP contribution < -0.4 is 10.6 Å². The smallest absolute Gasteiger partial charge is 0.326 e. The number of carbonyl (C=O) groups excluding carboxylic acids is 2. The summed E-state index contributed by atoms with van der Waals surface area (Å²) in [4.78, 5) is 33.7. The van der Waals surface area contributed by atoms with E-state index < -0.39 is 29.9 Å². The van der Waals surface area contributed by atoms with Crippen molar-refractivity contribution in [2.75, 3.05) is 0 Å². The average Bonchev–Trinajstić information content (AvgIpc) is 2.72. The molecule has 7 heteroatoms. The van der Waals surface area contributed by atoms with E-state index in [1.165, 1.54) is 0 Å². The first-order valence-electron chi connectivity index (χ1n) is 5.65. The Morgan fingerprint density at radius 3 is 2.78 bits per heavy atom. The molecule has 0 aliphatic carbocycles. The molecule has 0 bridgehead atoms. The molecule has 18 heavy (non-hydrogen) atoms. The lowest BCUT2D eigenvalue weighted by atomic mass is 9.98. The molecule has 0 aromatic heterocycles. The van der Waals surface area contributed by atoms with E-state index in [9.17, 15) is 14.4 Å². The third-order valence-corrected chi connectivity index (χ3v) is 2.86. The van der Waals surface area contributed by atoms with Gasteiger partial charge in [0.05, 0.1) is 6.07 Å². The van der Waals surface area contributed by atoms with Crippen molar-refractivity contribution in [2.24, 2.45) is 5.92 Å². The Bertz CT molecular complexity index is 402. The van der Waals surface area contributed by atoms with Crippen molar-refractivity contribution in [2.45, 2.75) is 38.3 Å². The lowest BCUT2D eigenvalue weighted by Gasteiger charge is -2.21. The van der Waals surface area contributed by atoms with Gasteiger partial charge in [0, 0.05) is 18.8 Å². The number of hydrogen-bond donors (Lipinski definition) is 3. The van der Waals surface area contributed by atoms with Crippen LogP contribution >= 0.6 is 0 Å². The Morgan fingerprint density at radius 2 is 2.33 bits per heavy atom. The Kier molecular flexibility index (Phi) is 4.66. The number of hydrogen-bond acceptors (Lipinski definition) is 4. The highest BCUT2D eigenvalue weighted by molar-refractivity contribution is 5.92. The second kappa shape index (κ2) is 6.00. The molecule has 1 fully saturated rings. The van der Waals surface area contributed by atoms with Gasteiger partial charge >= 0.3 is 5.97 Å². The third kappa shape index (κ3) is 3.45. The molecular formula is C11H15N3O4. The topological polar surface area (TPSA) is 119 Å². The molecule has 1 aliphatic heterocycles. The number of rotatable bonds is 5. The van der Waals surface area contributed by atoms with Crippen molar-refractivity contribution in [3.05, 3.63) is 0 Å². The summed E-state index contributed by atoms with van der Waals surface area (Å²) in [5.41, 5.74) is 0. The second-order valence-electron chi connectivity index (χ2n) is 4.32. The van der Waals surface area contributed by atoms with Crippen LogP contribution in [0, 0.1) is 17.2 Å². The van der Waals surface area contributed by atoms with Gasteiger partial charge in [0.25, 0.3) is 0 Å². The average molecular weight is 253 g/mol.